The summed E-state index contributed by atoms with van der Waals surface area (Å²) in [6.45, 7) is 0.845. The lowest BCUT2D eigenvalue weighted by Crippen LogP contribution is -2.36. The summed E-state index contributed by atoms with van der Waals surface area (Å²) in [7, 11) is 0. The van der Waals surface area contributed by atoms with Gasteiger partial charge in [0, 0.05) is 30.2 Å². The van der Waals surface area contributed by atoms with E-state index in [2.05, 4.69) is 38.1 Å². The molecule has 1 aliphatic carbocycles. The molecule has 32 heavy (non-hydrogen) atoms. The number of aromatic nitrogens is 2. The van der Waals surface area contributed by atoms with Gasteiger partial charge in [-0.05, 0) is 73.4 Å². The molecule has 3 aromatic rings. The summed E-state index contributed by atoms with van der Waals surface area (Å²) in [6, 6.07) is 10.8. The highest BCUT2D eigenvalue weighted by molar-refractivity contribution is 8.18. The predicted octanol–water partition coefficient (Wildman–Crippen LogP) is 4.06. The van der Waals surface area contributed by atoms with E-state index in [0.29, 0.717) is 28.6 Å². The van der Waals surface area contributed by atoms with Crippen molar-refractivity contribution in [3.05, 3.63) is 59.0 Å². The monoisotopic (exact) mass is 449 g/mol. The van der Waals surface area contributed by atoms with Gasteiger partial charge in [0.2, 0.25) is 5.95 Å². The summed E-state index contributed by atoms with van der Waals surface area (Å²) >= 11 is 0.883. The van der Waals surface area contributed by atoms with Crippen molar-refractivity contribution in [2.75, 3.05) is 5.32 Å². The normalized spacial score (nSPS) is 22.4. The number of hydrogen-bond donors (Lipinski definition) is 3. The van der Waals surface area contributed by atoms with E-state index >= 15 is 0 Å². The van der Waals surface area contributed by atoms with Crippen LogP contribution >= 0.6 is 11.8 Å². The van der Waals surface area contributed by atoms with E-state index in [1.807, 2.05) is 12.1 Å². The summed E-state index contributed by atoms with van der Waals surface area (Å²) in [4.78, 5) is 32.2. The largest absolute Gasteiger partial charge is 0.464 e. The van der Waals surface area contributed by atoms with Gasteiger partial charge in [0.15, 0.2) is 0 Å². The molecule has 0 radical (unpaired) electrons. The summed E-state index contributed by atoms with van der Waals surface area (Å²) in [5.41, 5.74) is 2.77. The van der Waals surface area contributed by atoms with E-state index in [-0.39, 0.29) is 11.1 Å². The van der Waals surface area contributed by atoms with Crippen LogP contribution in [0, 0.1) is 0 Å². The highest BCUT2D eigenvalue weighted by Crippen LogP contribution is 2.26. The molecule has 1 aliphatic heterocycles. The van der Waals surface area contributed by atoms with Crippen molar-refractivity contribution in [3.63, 3.8) is 0 Å². The maximum Gasteiger partial charge on any atom is 0.290 e. The molecule has 0 unspecified atom stereocenters. The zero-order valence-electron chi connectivity index (χ0n) is 17.3. The predicted molar refractivity (Wildman–Crippen MR) is 124 cm³/mol. The van der Waals surface area contributed by atoms with E-state index in [1.165, 1.54) is 5.56 Å². The molecule has 3 heterocycles. The molecular formula is C23H23N5O3S. The third-order valence-corrected chi connectivity index (χ3v) is 6.58. The Balaban J connectivity index is 1.12. The van der Waals surface area contributed by atoms with Crippen LogP contribution in [0.1, 0.15) is 36.9 Å². The van der Waals surface area contributed by atoms with Gasteiger partial charge in [-0.25, -0.2) is 9.97 Å². The van der Waals surface area contributed by atoms with Crippen molar-refractivity contribution in [3.8, 4) is 0 Å². The molecule has 0 spiro atoms. The van der Waals surface area contributed by atoms with Crippen LogP contribution in [0.3, 0.4) is 0 Å². The Morgan fingerprint density at radius 3 is 2.78 bits per heavy atom. The molecule has 5 rings (SSSR count). The summed E-state index contributed by atoms with van der Waals surface area (Å²) in [5.74, 6) is 0.155. The fraction of sp³-hybridized carbons (Fsp3) is 0.304. The Kier molecular flexibility index (Phi) is 5.91. The molecule has 9 heteroatoms. The second-order valence-electron chi connectivity index (χ2n) is 8.02. The minimum Gasteiger partial charge on any atom is -0.464 e. The number of amides is 2. The third kappa shape index (κ3) is 4.84. The maximum absolute atomic E-state index is 11.7. The van der Waals surface area contributed by atoms with Crippen molar-refractivity contribution in [2.24, 2.45) is 0 Å². The molecule has 8 nitrogen and oxygen atoms in total. The number of furan rings is 1. The molecule has 1 aromatic carbocycles. The summed E-state index contributed by atoms with van der Waals surface area (Å²) in [6.07, 6.45) is 9.20. The van der Waals surface area contributed by atoms with Gasteiger partial charge in [0.05, 0.1) is 16.9 Å². The molecular weight excluding hydrogens is 426 g/mol. The van der Waals surface area contributed by atoms with Crippen molar-refractivity contribution in [1.29, 1.82) is 0 Å². The lowest BCUT2D eigenvalue weighted by atomic mass is 9.91. The number of hydrogen-bond acceptors (Lipinski definition) is 8. The number of benzene rings is 1. The van der Waals surface area contributed by atoms with Gasteiger partial charge < -0.3 is 15.1 Å². The van der Waals surface area contributed by atoms with Crippen LogP contribution in [0.5, 0.6) is 0 Å². The number of carbonyl (C=O) groups excluding carboxylic acids is 2. The second-order valence-corrected chi connectivity index (χ2v) is 9.04. The SMILES string of the molecule is O=C1NC(=O)/C(=C/c2ccnc(NC3CCC(NCc4ccc5occc5c4)CC3)n2)S1. The van der Waals surface area contributed by atoms with Crippen LogP contribution in [0.2, 0.25) is 0 Å². The molecule has 2 aromatic heterocycles. The van der Waals surface area contributed by atoms with Gasteiger partial charge in [-0.2, -0.15) is 0 Å². The number of fused-ring (bicyclic) bond motifs is 1. The lowest BCUT2D eigenvalue weighted by molar-refractivity contribution is -0.115. The van der Waals surface area contributed by atoms with Crippen molar-refractivity contribution < 1.29 is 14.0 Å². The Hall–Kier alpha value is -3.17. The minimum absolute atomic E-state index is 0.309. The van der Waals surface area contributed by atoms with Crippen LogP contribution in [-0.2, 0) is 11.3 Å². The van der Waals surface area contributed by atoms with E-state index in [1.54, 1.807) is 24.6 Å². The van der Waals surface area contributed by atoms with Crippen LogP contribution < -0.4 is 16.0 Å². The summed E-state index contributed by atoms with van der Waals surface area (Å²) in [5, 5.41) is 10.1. The Bertz CT molecular complexity index is 1180. The standard InChI is InChI=1S/C23H23N5O3S/c29-21-20(32-23(30)28-21)12-18-7-9-24-22(27-18)26-17-4-2-16(3-5-17)25-13-14-1-6-19-15(11-14)8-10-31-19/h1,6-12,16-17,25H,2-5,13H2,(H,24,26,27)(H,28,29,30)/b20-12-. The lowest BCUT2D eigenvalue weighted by Gasteiger charge is -2.29. The molecule has 1 saturated heterocycles. The van der Waals surface area contributed by atoms with Crippen LogP contribution in [0.25, 0.3) is 17.0 Å². The first-order valence-corrected chi connectivity index (χ1v) is 11.5. The number of imide groups is 1. The van der Waals surface area contributed by atoms with Crippen LogP contribution in [0.4, 0.5) is 10.7 Å². The number of nitrogens with zero attached hydrogens (tertiary/aromatic N) is 2. The van der Waals surface area contributed by atoms with Gasteiger partial charge in [0.25, 0.3) is 11.1 Å². The summed E-state index contributed by atoms with van der Waals surface area (Å²) < 4.78 is 5.40. The molecule has 0 atom stereocenters. The van der Waals surface area contributed by atoms with E-state index in [4.69, 9.17) is 4.42 Å². The van der Waals surface area contributed by atoms with Crippen LogP contribution in [-0.4, -0.2) is 33.2 Å². The smallest absolute Gasteiger partial charge is 0.290 e. The highest BCUT2D eigenvalue weighted by atomic mass is 32.2. The Labute approximate surface area is 189 Å². The average molecular weight is 450 g/mol. The maximum atomic E-state index is 11.7. The number of rotatable bonds is 6. The van der Waals surface area contributed by atoms with Crippen molar-refractivity contribution >= 4 is 45.9 Å². The van der Waals surface area contributed by atoms with Crippen molar-refractivity contribution in [1.82, 2.24) is 20.6 Å². The van der Waals surface area contributed by atoms with Crippen molar-refractivity contribution in [2.45, 2.75) is 44.3 Å². The Morgan fingerprint density at radius 2 is 1.97 bits per heavy atom. The van der Waals surface area contributed by atoms with Gasteiger partial charge in [0.1, 0.15) is 5.58 Å². The van der Waals surface area contributed by atoms with Gasteiger partial charge in [-0.15, -0.1) is 0 Å². The quantitative estimate of drug-likeness (QED) is 0.484. The van der Waals surface area contributed by atoms with Gasteiger partial charge >= 0.3 is 0 Å². The number of thioether (sulfide) groups is 1. The average Bonchev–Trinajstić information content (AvgIpc) is 3.38. The first-order chi connectivity index (χ1) is 15.6. The Morgan fingerprint density at radius 1 is 1.12 bits per heavy atom. The molecule has 1 saturated carbocycles. The minimum atomic E-state index is -0.386. The van der Waals surface area contributed by atoms with Crippen LogP contribution in [0.15, 0.2) is 52.1 Å². The first-order valence-electron chi connectivity index (χ1n) is 10.7. The number of anilines is 1. The topological polar surface area (TPSA) is 109 Å². The third-order valence-electron chi connectivity index (χ3n) is 5.77. The zero-order chi connectivity index (χ0) is 21.9. The van der Waals surface area contributed by atoms with E-state index in [9.17, 15) is 9.59 Å². The molecule has 2 aliphatic rings. The molecule has 0 bridgehead atoms. The van der Waals surface area contributed by atoms with Gasteiger partial charge in [-0.1, -0.05) is 6.07 Å². The molecule has 164 valence electrons. The molecule has 3 N–H and O–H groups in total. The highest BCUT2D eigenvalue weighted by Gasteiger charge is 2.25. The second kappa shape index (κ2) is 9.13. The number of nitrogens with one attached hydrogen (secondary N) is 3. The van der Waals surface area contributed by atoms with E-state index in [0.717, 1.165) is 55.0 Å². The fourth-order valence-electron chi connectivity index (χ4n) is 4.09. The van der Waals surface area contributed by atoms with Gasteiger partial charge in [-0.3, -0.25) is 14.9 Å². The zero-order valence-corrected chi connectivity index (χ0v) is 18.2. The fourth-order valence-corrected chi connectivity index (χ4v) is 4.76. The molecule has 2 amide bonds. The number of carbonyl (C=O) groups is 2. The molecule has 2 fully saturated rings. The first kappa shape index (κ1) is 20.7. The van der Waals surface area contributed by atoms with E-state index < -0.39 is 0 Å².